The van der Waals surface area contributed by atoms with Crippen LogP contribution in [0.4, 0.5) is 4.79 Å². The van der Waals surface area contributed by atoms with E-state index >= 15 is 0 Å². The first-order valence-corrected chi connectivity index (χ1v) is 7.28. The lowest BCUT2D eigenvalue weighted by Gasteiger charge is -2.44. The van der Waals surface area contributed by atoms with Crippen LogP contribution in [0.2, 0.25) is 0 Å². The maximum atomic E-state index is 11.9. The van der Waals surface area contributed by atoms with E-state index in [-0.39, 0.29) is 30.3 Å². The molecule has 1 amide bonds. The molecule has 22 heavy (non-hydrogen) atoms. The fraction of sp³-hybridized carbons (Fsp3) is 0.600. The van der Waals surface area contributed by atoms with Crippen molar-refractivity contribution in [3.05, 3.63) is 24.4 Å². The van der Waals surface area contributed by atoms with Crippen molar-refractivity contribution >= 4 is 11.9 Å². The monoisotopic (exact) mass is 309 g/mol. The minimum absolute atomic E-state index is 0.0666. The highest BCUT2D eigenvalue weighted by molar-refractivity contribution is 5.99. The van der Waals surface area contributed by atoms with Gasteiger partial charge >= 0.3 is 6.09 Å². The summed E-state index contributed by atoms with van der Waals surface area (Å²) in [5.74, 6) is -1.48. The van der Waals surface area contributed by atoms with Gasteiger partial charge in [-0.3, -0.25) is 10.1 Å². The molecule has 7 heteroatoms. The molecule has 2 saturated heterocycles. The number of rotatable bonds is 3. The summed E-state index contributed by atoms with van der Waals surface area (Å²) in [6.45, 7) is 7.37. The third-order valence-electron chi connectivity index (χ3n) is 3.79. The van der Waals surface area contributed by atoms with Gasteiger partial charge in [-0.1, -0.05) is 12.7 Å². The zero-order valence-corrected chi connectivity index (χ0v) is 12.5. The van der Waals surface area contributed by atoms with Crippen LogP contribution in [-0.2, 0) is 23.7 Å². The predicted molar refractivity (Wildman–Crippen MR) is 74.9 cm³/mol. The average molecular weight is 309 g/mol. The summed E-state index contributed by atoms with van der Waals surface area (Å²) in [7, 11) is 0. The SMILES string of the molecule is C=CCOC(=O)NC1=CC(=O)[C@H]2O[C@H]2C12O[C@H](C)C[C@@H](C)O2. The zero-order chi connectivity index (χ0) is 15.9. The number of carbonyl (C=O) groups is 2. The molecule has 1 spiro atoms. The van der Waals surface area contributed by atoms with Gasteiger partial charge in [-0.25, -0.2) is 4.79 Å². The first-order valence-electron chi connectivity index (χ1n) is 7.28. The molecular weight excluding hydrogens is 290 g/mol. The number of ketones is 1. The Hall–Kier alpha value is -1.70. The van der Waals surface area contributed by atoms with Crippen molar-refractivity contribution in [2.45, 2.75) is 50.5 Å². The second-order valence-corrected chi connectivity index (χ2v) is 5.71. The highest BCUT2D eigenvalue weighted by Gasteiger charge is 2.67. The Balaban J connectivity index is 1.85. The topological polar surface area (TPSA) is 86.4 Å². The summed E-state index contributed by atoms with van der Waals surface area (Å²) >= 11 is 0. The molecule has 3 aliphatic rings. The number of nitrogens with one attached hydrogen (secondary N) is 1. The van der Waals surface area contributed by atoms with E-state index in [0.29, 0.717) is 0 Å². The van der Waals surface area contributed by atoms with E-state index < -0.39 is 24.1 Å². The summed E-state index contributed by atoms with van der Waals surface area (Å²) in [6.07, 6.45) is 1.50. The Morgan fingerprint density at radius 2 is 2.18 bits per heavy atom. The maximum absolute atomic E-state index is 11.9. The van der Waals surface area contributed by atoms with Crippen molar-refractivity contribution in [2.24, 2.45) is 0 Å². The largest absolute Gasteiger partial charge is 0.445 e. The molecular formula is C15H19NO6. The van der Waals surface area contributed by atoms with E-state index in [1.807, 2.05) is 13.8 Å². The number of carbonyl (C=O) groups excluding carboxylic acids is 2. The Labute approximate surface area is 128 Å². The number of fused-ring (bicyclic) bond motifs is 2. The molecule has 0 saturated carbocycles. The molecule has 1 N–H and O–H groups in total. The quantitative estimate of drug-likeness (QED) is 0.619. The van der Waals surface area contributed by atoms with Crippen LogP contribution >= 0.6 is 0 Å². The smallest absolute Gasteiger partial charge is 0.411 e. The Morgan fingerprint density at radius 1 is 1.50 bits per heavy atom. The molecule has 0 aromatic rings. The van der Waals surface area contributed by atoms with Crippen LogP contribution in [0.15, 0.2) is 24.4 Å². The van der Waals surface area contributed by atoms with E-state index in [0.717, 1.165) is 6.42 Å². The van der Waals surface area contributed by atoms with E-state index in [1.54, 1.807) is 0 Å². The van der Waals surface area contributed by atoms with E-state index in [9.17, 15) is 9.59 Å². The molecule has 0 unspecified atom stereocenters. The van der Waals surface area contributed by atoms with Gasteiger partial charge in [0.1, 0.15) is 6.61 Å². The standard InChI is InChI=1S/C15H19NO6/c1-4-5-19-14(18)16-11-7-10(17)12-13(20-12)15(11)21-8(2)6-9(3)22-15/h4,7-9,12-13H,1,5-6H2,2-3H3,(H,16,18)/t8-,9-,12-,13-/m1/s1. The van der Waals surface area contributed by atoms with Crippen LogP contribution in [0, 0.1) is 0 Å². The van der Waals surface area contributed by atoms with Crippen LogP contribution in [-0.4, -0.2) is 48.7 Å². The third-order valence-corrected chi connectivity index (χ3v) is 3.79. The highest BCUT2D eigenvalue weighted by Crippen LogP contribution is 2.47. The van der Waals surface area contributed by atoms with Crippen molar-refractivity contribution in [2.75, 3.05) is 6.61 Å². The number of hydrogen-bond acceptors (Lipinski definition) is 6. The molecule has 1 aliphatic carbocycles. The minimum Gasteiger partial charge on any atom is -0.445 e. The number of epoxide rings is 1. The summed E-state index contributed by atoms with van der Waals surface area (Å²) in [5, 5.41) is 2.54. The van der Waals surface area contributed by atoms with Crippen LogP contribution < -0.4 is 5.32 Å². The van der Waals surface area contributed by atoms with Gasteiger partial charge in [0, 0.05) is 6.08 Å². The maximum Gasteiger partial charge on any atom is 0.411 e. The van der Waals surface area contributed by atoms with Crippen LogP contribution in [0.3, 0.4) is 0 Å². The first-order chi connectivity index (χ1) is 10.5. The van der Waals surface area contributed by atoms with E-state index in [1.165, 1.54) is 12.2 Å². The fourth-order valence-corrected chi connectivity index (χ4v) is 2.95. The van der Waals surface area contributed by atoms with Crippen LogP contribution in [0.1, 0.15) is 20.3 Å². The third kappa shape index (κ3) is 2.55. The molecule has 2 fully saturated rings. The zero-order valence-electron chi connectivity index (χ0n) is 12.5. The first kappa shape index (κ1) is 15.2. The normalized spacial score (nSPS) is 39.7. The second-order valence-electron chi connectivity index (χ2n) is 5.71. The van der Waals surface area contributed by atoms with E-state index in [2.05, 4.69) is 11.9 Å². The van der Waals surface area contributed by atoms with Crippen molar-refractivity contribution in [1.82, 2.24) is 5.32 Å². The number of alkyl carbamates (subject to hydrolysis) is 1. The molecule has 0 bridgehead atoms. The summed E-state index contributed by atoms with van der Waals surface area (Å²) in [5.41, 5.74) is 0.226. The average Bonchev–Trinajstić information content (AvgIpc) is 3.23. The molecule has 120 valence electrons. The van der Waals surface area contributed by atoms with Gasteiger partial charge in [0.05, 0.1) is 17.9 Å². The Morgan fingerprint density at radius 3 is 2.82 bits per heavy atom. The van der Waals surface area contributed by atoms with Crippen LogP contribution in [0.25, 0.3) is 0 Å². The van der Waals surface area contributed by atoms with Gasteiger partial charge < -0.3 is 18.9 Å². The highest BCUT2D eigenvalue weighted by atomic mass is 16.8. The van der Waals surface area contributed by atoms with Gasteiger partial charge in [0.2, 0.25) is 5.79 Å². The number of ether oxygens (including phenoxy) is 4. The van der Waals surface area contributed by atoms with Gasteiger partial charge in [-0.2, -0.15) is 0 Å². The van der Waals surface area contributed by atoms with Gasteiger partial charge in [0.25, 0.3) is 0 Å². The summed E-state index contributed by atoms with van der Waals surface area (Å²) < 4.78 is 22.2. The lowest BCUT2D eigenvalue weighted by atomic mass is 9.94. The van der Waals surface area contributed by atoms with Gasteiger partial charge in [0.15, 0.2) is 18.0 Å². The van der Waals surface area contributed by atoms with Crippen LogP contribution in [0.5, 0.6) is 0 Å². The van der Waals surface area contributed by atoms with Gasteiger partial charge in [-0.15, -0.1) is 0 Å². The molecule has 0 aromatic heterocycles. The summed E-state index contributed by atoms with van der Waals surface area (Å²) in [6, 6.07) is 0. The molecule has 0 radical (unpaired) electrons. The van der Waals surface area contributed by atoms with Crippen molar-refractivity contribution in [1.29, 1.82) is 0 Å². The Bertz CT molecular complexity index is 532. The molecule has 3 rings (SSSR count). The van der Waals surface area contributed by atoms with Crippen molar-refractivity contribution in [3.63, 3.8) is 0 Å². The Kier molecular flexibility index (Phi) is 3.80. The van der Waals surface area contributed by atoms with E-state index in [4.69, 9.17) is 18.9 Å². The lowest BCUT2D eigenvalue weighted by Crippen LogP contribution is -2.58. The molecule has 0 aromatic carbocycles. The number of amides is 1. The molecule has 7 nitrogen and oxygen atoms in total. The minimum atomic E-state index is -1.26. The molecule has 2 heterocycles. The molecule has 4 atom stereocenters. The lowest BCUT2D eigenvalue weighted by molar-refractivity contribution is -0.300. The van der Waals surface area contributed by atoms with Crippen molar-refractivity contribution < 1.29 is 28.5 Å². The summed E-state index contributed by atoms with van der Waals surface area (Å²) in [4.78, 5) is 23.7. The second kappa shape index (κ2) is 5.49. The molecule has 2 aliphatic heterocycles. The number of hydrogen-bond donors (Lipinski definition) is 1. The van der Waals surface area contributed by atoms with Crippen molar-refractivity contribution in [3.8, 4) is 0 Å². The fourth-order valence-electron chi connectivity index (χ4n) is 2.95. The predicted octanol–water partition coefficient (Wildman–Crippen LogP) is 1.04. The van der Waals surface area contributed by atoms with Gasteiger partial charge in [-0.05, 0) is 20.3 Å².